The summed E-state index contributed by atoms with van der Waals surface area (Å²) in [5, 5.41) is 2.70. The minimum atomic E-state index is -0.882. The van der Waals surface area contributed by atoms with Crippen molar-refractivity contribution in [1.29, 1.82) is 0 Å². The number of H-pyrrole nitrogens is 2. The van der Waals surface area contributed by atoms with Crippen LogP contribution in [0.15, 0.2) is 104 Å². The van der Waals surface area contributed by atoms with Crippen LogP contribution in [-0.2, 0) is 20.7 Å². The number of carbonyl (C=O) groups excluding carboxylic acids is 3. The number of aromatic amines is 2. The Balaban J connectivity index is 0.921. The number of rotatable bonds is 10. The minimum Gasteiger partial charge on any atom is -0.453 e. The third kappa shape index (κ3) is 7.56. The number of methoxy groups -OCH3 is 1. The average Bonchev–Trinajstić information content (AvgIpc) is 4.08. The van der Waals surface area contributed by atoms with Gasteiger partial charge in [-0.1, -0.05) is 60.7 Å². The van der Waals surface area contributed by atoms with Crippen molar-refractivity contribution < 1.29 is 19.1 Å². The van der Waals surface area contributed by atoms with Gasteiger partial charge in [0.05, 0.1) is 49.4 Å². The van der Waals surface area contributed by atoms with E-state index in [1.54, 1.807) is 42.1 Å². The van der Waals surface area contributed by atoms with E-state index < -0.39 is 12.1 Å². The van der Waals surface area contributed by atoms with Crippen molar-refractivity contribution in [1.82, 2.24) is 50.0 Å². The molecule has 0 unspecified atom stereocenters. The Kier molecular flexibility index (Phi) is 10.1. The molecule has 6 heterocycles. The molecule has 0 radical (unpaired) electrons. The number of aromatic nitrogens is 7. The number of nitrogens with zero attached hydrogens (tertiary/aromatic N) is 7. The first-order valence-electron chi connectivity index (χ1n) is 18.4. The van der Waals surface area contributed by atoms with Crippen molar-refractivity contribution in [3.8, 4) is 33.9 Å². The van der Waals surface area contributed by atoms with E-state index in [4.69, 9.17) is 4.74 Å². The highest BCUT2D eigenvalue weighted by Gasteiger charge is 2.37. The molecule has 14 heteroatoms. The Labute approximate surface area is 317 Å². The van der Waals surface area contributed by atoms with Crippen LogP contribution < -0.4 is 5.32 Å². The maximum atomic E-state index is 13.9. The van der Waals surface area contributed by atoms with Gasteiger partial charge in [-0.15, -0.1) is 0 Å². The lowest BCUT2D eigenvalue weighted by molar-refractivity contribution is -0.134. The summed E-state index contributed by atoms with van der Waals surface area (Å²) < 4.78 is 4.82. The van der Waals surface area contributed by atoms with E-state index in [1.165, 1.54) is 7.11 Å². The van der Waals surface area contributed by atoms with Gasteiger partial charge < -0.3 is 29.8 Å². The van der Waals surface area contributed by atoms with Gasteiger partial charge in [0.1, 0.15) is 17.7 Å². The number of carbonyl (C=O) groups is 3. The molecule has 4 aromatic heterocycles. The van der Waals surface area contributed by atoms with E-state index in [9.17, 15) is 14.4 Å². The summed E-state index contributed by atoms with van der Waals surface area (Å²) in [5.41, 5.74) is 5.76. The molecule has 2 saturated heterocycles. The summed E-state index contributed by atoms with van der Waals surface area (Å²) in [6, 6.07) is 19.6. The molecule has 3 amide bonds. The zero-order chi connectivity index (χ0) is 37.7. The largest absolute Gasteiger partial charge is 0.453 e. The van der Waals surface area contributed by atoms with Gasteiger partial charge in [-0.2, -0.15) is 0 Å². The van der Waals surface area contributed by atoms with Crippen molar-refractivity contribution in [3.05, 3.63) is 127 Å². The Morgan fingerprint density at radius 3 is 2.04 bits per heavy atom. The molecule has 0 aliphatic carbocycles. The number of hydrogen-bond donors (Lipinski definition) is 3. The van der Waals surface area contributed by atoms with Gasteiger partial charge in [-0.05, 0) is 48.4 Å². The standard InChI is InChI=1S/C41H40N10O4/c1-55-41(54)49-36(28-9-3-2-4-10-28)40(53)51-19-7-12-34(51)39-45-24-31(47-39)27-13-15-29(16-14-27)37-43-22-30(23-44-37)32-25-46-38(48-32)33-11-6-18-50(33)35(52)20-26-8-5-17-42-21-26/h2-5,8-10,13-17,21-25,33-34,36H,6-7,11-12,18-20H2,1H3,(H,45,47)(H,46,48)(H,49,54)/t33-,34-,36+/m0/s1. The van der Waals surface area contributed by atoms with Crippen molar-refractivity contribution in [3.63, 3.8) is 0 Å². The van der Waals surface area contributed by atoms with E-state index in [2.05, 4.69) is 40.2 Å². The number of pyridine rings is 1. The van der Waals surface area contributed by atoms with Crippen molar-refractivity contribution in [2.45, 2.75) is 50.2 Å². The normalized spacial score (nSPS) is 17.3. The van der Waals surface area contributed by atoms with Gasteiger partial charge in [0.15, 0.2) is 5.82 Å². The molecule has 2 aliphatic rings. The fourth-order valence-corrected chi connectivity index (χ4v) is 7.44. The molecule has 8 rings (SSSR count). The summed E-state index contributed by atoms with van der Waals surface area (Å²) in [5.74, 6) is 1.87. The summed E-state index contributed by atoms with van der Waals surface area (Å²) in [6.45, 7) is 1.25. The van der Waals surface area contributed by atoms with Crippen molar-refractivity contribution in [2.24, 2.45) is 0 Å². The number of likely N-dealkylation sites (tertiary alicyclic amines) is 2. The lowest BCUT2D eigenvalue weighted by Gasteiger charge is -2.28. The highest BCUT2D eigenvalue weighted by atomic mass is 16.5. The average molecular weight is 737 g/mol. The Hall–Kier alpha value is -6.70. The molecule has 0 saturated carbocycles. The second-order valence-electron chi connectivity index (χ2n) is 13.7. The maximum absolute atomic E-state index is 13.9. The molecule has 278 valence electrons. The number of nitrogens with one attached hydrogen (secondary N) is 3. The third-order valence-corrected chi connectivity index (χ3v) is 10.3. The van der Waals surface area contributed by atoms with Crippen LogP contribution in [0, 0.1) is 0 Å². The molecule has 14 nitrogen and oxygen atoms in total. The minimum absolute atomic E-state index is 0.0659. The molecule has 0 spiro atoms. The SMILES string of the molecule is COC(=O)N[C@@H](C(=O)N1CCC[C@H]1c1ncc(-c2ccc(-c3ncc(-c4cnc([C@@H]5CCCN5C(=O)Cc5cccnc5)[nH]4)cn3)cc2)[nH]1)c1ccccc1. The van der Waals surface area contributed by atoms with Gasteiger partial charge in [0.2, 0.25) is 5.91 Å². The summed E-state index contributed by atoms with van der Waals surface area (Å²) in [6.07, 6.45) is 13.5. The van der Waals surface area contributed by atoms with E-state index in [-0.39, 0.29) is 23.9 Å². The number of ether oxygens (including phenoxy) is 1. The number of hydrogen-bond acceptors (Lipinski definition) is 9. The number of amides is 3. The van der Waals surface area contributed by atoms with E-state index >= 15 is 0 Å². The quantitative estimate of drug-likeness (QED) is 0.153. The van der Waals surface area contributed by atoms with Crippen LogP contribution in [0.1, 0.15) is 66.6 Å². The van der Waals surface area contributed by atoms with Crippen LogP contribution in [0.25, 0.3) is 33.9 Å². The topological polar surface area (TPSA) is 175 Å². The number of alkyl carbamates (subject to hydrolysis) is 1. The van der Waals surface area contributed by atoms with Crippen LogP contribution >= 0.6 is 0 Å². The van der Waals surface area contributed by atoms with Crippen LogP contribution in [0.2, 0.25) is 0 Å². The fourth-order valence-electron chi connectivity index (χ4n) is 7.44. The highest BCUT2D eigenvalue weighted by Crippen LogP contribution is 2.35. The zero-order valence-electron chi connectivity index (χ0n) is 30.3. The Morgan fingerprint density at radius 1 is 0.745 bits per heavy atom. The molecular weight excluding hydrogens is 697 g/mol. The highest BCUT2D eigenvalue weighted by molar-refractivity contribution is 5.87. The zero-order valence-corrected chi connectivity index (χ0v) is 30.3. The van der Waals surface area contributed by atoms with Crippen LogP contribution in [0.3, 0.4) is 0 Å². The summed E-state index contributed by atoms with van der Waals surface area (Å²) in [7, 11) is 1.28. The molecule has 2 aromatic carbocycles. The maximum Gasteiger partial charge on any atom is 0.407 e. The fraction of sp³-hybridized carbons (Fsp3) is 0.268. The van der Waals surface area contributed by atoms with Crippen molar-refractivity contribution in [2.75, 3.05) is 20.2 Å². The van der Waals surface area contributed by atoms with Crippen molar-refractivity contribution >= 4 is 17.9 Å². The van der Waals surface area contributed by atoms with Gasteiger partial charge in [-0.25, -0.2) is 24.7 Å². The predicted octanol–water partition coefficient (Wildman–Crippen LogP) is 5.99. The molecular formula is C41H40N10O4. The Bertz CT molecular complexity index is 2260. The number of benzene rings is 2. The lowest BCUT2D eigenvalue weighted by atomic mass is 10.1. The van der Waals surface area contributed by atoms with Crippen LogP contribution in [0.5, 0.6) is 0 Å². The smallest absolute Gasteiger partial charge is 0.407 e. The molecule has 0 bridgehead atoms. The Morgan fingerprint density at radius 2 is 1.38 bits per heavy atom. The monoisotopic (exact) mass is 736 g/mol. The first-order chi connectivity index (χ1) is 26.9. The molecule has 3 atom stereocenters. The molecule has 3 N–H and O–H groups in total. The van der Waals surface area contributed by atoms with E-state index in [0.29, 0.717) is 36.7 Å². The first kappa shape index (κ1) is 35.3. The van der Waals surface area contributed by atoms with Crippen LogP contribution in [0.4, 0.5) is 4.79 Å². The molecule has 6 aromatic rings. The summed E-state index contributed by atoms with van der Waals surface area (Å²) in [4.78, 5) is 72.4. The van der Waals surface area contributed by atoms with Crippen LogP contribution in [-0.4, -0.2) is 82.8 Å². The summed E-state index contributed by atoms with van der Waals surface area (Å²) >= 11 is 0. The molecule has 2 aliphatic heterocycles. The second kappa shape index (κ2) is 15.7. The van der Waals surface area contributed by atoms with E-state index in [1.807, 2.05) is 71.6 Å². The van der Waals surface area contributed by atoms with Gasteiger partial charge >= 0.3 is 6.09 Å². The lowest BCUT2D eigenvalue weighted by Crippen LogP contribution is -2.42. The molecule has 2 fully saturated rings. The first-order valence-corrected chi connectivity index (χ1v) is 18.4. The van der Waals surface area contributed by atoms with Gasteiger partial charge in [0, 0.05) is 49.0 Å². The van der Waals surface area contributed by atoms with E-state index in [0.717, 1.165) is 65.1 Å². The van der Waals surface area contributed by atoms with Gasteiger partial charge in [-0.3, -0.25) is 14.6 Å². The van der Waals surface area contributed by atoms with Gasteiger partial charge in [0.25, 0.3) is 5.91 Å². The second-order valence-corrected chi connectivity index (χ2v) is 13.7. The molecule has 55 heavy (non-hydrogen) atoms. The third-order valence-electron chi connectivity index (χ3n) is 10.3. The predicted molar refractivity (Wildman–Crippen MR) is 203 cm³/mol. The number of imidazole rings is 2.